The molecular formula is C15H16BrNO3. The van der Waals surface area contributed by atoms with Crippen molar-refractivity contribution in [1.29, 1.82) is 0 Å². The molecule has 0 radical (unpaired) electrons. The zero-order chi connectivity index (χ0) is 14.7. The monoisotopic (exact) mass is 337 g/mol. The lowest BCUT2D eigenvalue weighted by Gasteiger charge is -2.13. The molecule has 0 amide bonds. The van der Waals surface area contributed by atoms with Crippen LogP contribution in [-0.2, 0) is 6.54 Å². The molecule has 0 spiro atoms. The van der Waals surface area contributed by atoms with E-state index in [1.54, 1.807) is 13.0 Å². The van der Waals surface area contributed by atoms with Crippen molar-refractivity contribution in [2.45, 2.75) is 26.4 Å². The van der Waals surface area contributed by atoms with Crippen molar-refractivity contribution >= 4 is 21.9 Å². The zero-order valence-electron chi connectivity index (χ0n) is 11.3. The van der Waals surface area contributed by atoms with E-state index < -0.39 is 5.97 Å². The molecule has 2 rings (SSSR count). The van der Waals surface area contributed by atoms with Crippen LogP contribution in [0.5, 0.6) is 0 Å². The lowest BCUT2D eigenvalue weighted by atomic mass is 10.1. The number of benzene rings is 1. The SMILES string of the molecule is Cc1cc(CN[C@H](C)c2cccc(Br)c2)oc1C(=O)O. The Hall–Kier alpha value is -1.59. The van der Waals surface area contributed by atoms with Gasteiger partial charge in [-0.25, -0.2) is 4.79 Å². The second-order valence-corrected chi connectivity index (χ2v) is 5.60. The molecule has 20 heavy (non-hydrogen) atoms. The highest BCUT2D eigenvalue weighted by Gasteiger charge is 2.14. The first-order chi connectivity index (χ1) is 9.47. The molecule has 4 nitrogen and oxygen atoms in total. The first kappa shape index (κ1) is 14.8. The number of carboxylic acids is 1. The molecule has 1 atom stereocenters. The van der Waals surface area contributed by atoms with Gasteiger partial charge >= 0.3 is 5.97 Å². The maximum Gasteiger partial charge on any atom is 0.372 e. The second-order valence-electron chi connectivity index (χ2n) is 4.69. The van der Waals surface area contributed by atoms with E-state index in [-0.39, 0.29) is 11.8 Å². The molecular weight excluding hydrogens is 322 g/mol. The van der Waals surface area contributed by atoms with Gasteiger partial charge in [0, 0.05) is 16.1 Å². The van der Waals surface area contributed by atoms with Gasteiger partial charge in [-0.05, 0) is 37.6 Å². The van der Waals surface area contributed by atoms with Crippen molar-refractivity contribution in [2.24, 2.45) is 0 Å². The molecule has 0 bridgehead atoms. The van der Waals surface area contributed by atoms with Crippen molar-refractivity contribution in [3.05, 3.63) is 57.5 Å². The second kappa shape index (κ2) is 6.24. The molecule has 2 N–H and O–H groups in total. The average molecular weight is 338 g/mol. The van der Waals surface area contributed by atoms with Gasteiger partial charge in [-0.3, -0.25) is 0 Å². The molecule has 0 saturated carbocycles. The van der Waals surface area contributed by atoms with E-state index in [4.69, 9.17) is 9.52 Å². The van der Waals surface area contributed by atoms with E-state index in [0.29, 0.717) is 17.9 Å². The largest absolute Gasteiger partial charge is 0.475 e. The number of rotatable bonds is 5. The summed E-state index contributed by atoms with van der Waals surface area (Å²) in [4.78, 5) is 10.9. The highest BCUT2D eigenvalue weighted by molar-refractivity contribution is 9.10. The topological polar surface area (TPSA) is 62.5 Å². The summed E-state index contributed by atoms with van der Waals surface area (Å²) in [7, 11) is 0. The molecule has 0 aliphatic carbocycles. The predicted molar refractivity (Wildman–Crippen MR) is 79.8 cm³/mol. The minimum Gasteiger partial charge on any atom is -0.475 e. The maximum atomic E-state index is 10.9. The number of carboxylic acid groups (broad SMARTS) is 1. The van der Waals surface area contributed by atoms with Crippen LogP contribution in [0.4, 0.5) is 0 Å². The summed E-state index contributed by atoms with van der Waals surface area (Å²) in [6.07, 6.45) is 0. The van der Waals surface area contributed by atoms with E-state index in [9.17, 15) is 4.79 Å². The zero-order valence-corrected chi connectivity index (χ0v) is 12.9. The number of furan rings is 1. The summed E-state index contributed by atoms with van der Waals surface area (Å²) in [5, 5.41) is 12.3. The molecule has 1 heterocycles. The Bertz CT molecular complexity index is 621. The standard InChI is InChI=1S/C15H16BrNO3/c1-9-6-13(20-14(9)15(18)19)8-17-10(2)11-4-3-5-12(16)7-11/h3-7,10,17H,8H2,1-2H3,(H,18,19)/t10-/m1/s1. The summed E-state index contributed by atoms with van der Waals surface area (Å²) < 4.78 is 6.35. The number of hydrogen-bond donors (Lipinski definition) is 2. The van der Waals surface area contributed by atoms with Crippen LogP contribution >= 0.6 is 15.9 Å². The molecule has 5 heteroatoms. The van der Waals surface area contributed by atoms with E-state index in [2.05, 4.69) is 28.2 Å². The molecule has 0 aliphatic rings. The fraction of sp³-hybridized carbons (Fsp3) is 0.267. The van der Waals surface area contributed by atoms with Gasteiger partial charge in [-0.2, -0.15) is 0 Å². The van der Waals surface area contributed by atoms with E-state index in [1.807, 2.05) is 24.3 Å². The fourth-order valence-corrected chi connectivity index (χ4v) is 2.41. The summed E-state index contributed by atoms with van der Waals surface area (Å²) >= 11 is 3.44. The normalized spacial score (nSPS) is 12.3. The minimum atomic E-state index is -1.03. The lowest BCUT2D eigenvalue weighted by Crippen LogP contribution is -2.17. The van der Waals surface area contributed by atoms with Crippen molar-refractivity contribution in [2.75, 3.05) is 0 Å². The van der Waals surface area contributed by atoms with Crippen LogP contribution in [-0.4, -0.2) is 11.1 Å². The van der Waals surface area contributed by atoms with Crippen molar-refractivity contribution < 1.29 is 14.3 Å². The summed E-state index contributed by atoms with van der Waals surface area (Å²) in [6, 6.07) is 9.95. The van der Waals surface area contributed by atoms with E-state index in [1.165, 1.54) is 0 Å². The Morgan fingerprint density at radius 1 is 1.45 bits per heavy atom. The van der Waals surface area contributed by atoms with Crippen molar-refractivity contribution in [3.8, 4) is 0 Å². The molecule has 1 aromatic carbocycles. The molecule has 2 aromatic rings. The smallest absolute Gasteiger partial charge is 0.372 e. The summed E-state index contributed by atoms with van der Waals surface area (Å²) in [5.41, 5.74) is 1.80. The Morgan fingerprint density at radius 2 is 2.20 bits per heavy atom. The number of hydrogen-bond acceptors (Lipinski definition) is 3. The minimum absolute atomic E-state index is 0.0110. The fourth-order valence-electron chi connectivity index (χ4n) is 1.99. The van der Waals surface area contributed by atoms with Crippen LogP contribution in [0.25, 0.3) is 0 Å². The van der Waals surface area contributed by atoms with Crippen molar-refractivity contribution in [1.82, 2.24) is 5.32 Å². The van der Waals surface area contributed by atoms with E-state index in [0.717, 1.165) is 10.0 Å². The first-order valence-electron chi connectivity index (χ1n) is 6.29. The third-order valence-corrected chi connectivity index (χ3v) is 3.59. The molecule has 1 aromatic heterocycles. The van der Waals surface area contributed by atoms with Gasteiger partial charge in [-0.1, -0.05) is 28.1 Å². The Balaban J connectivity index is 2.01. The lowest BCUT2D eigenvalue weighted by molar-refractivity contribution is 0.0659. The van der Waals surface area contributed by atoms with Crippen LogP contribution < -0.4 is 5.32 Å². The van der Waals surface area contributed by atoms with Gasteiger partial charge in [0.2, 0.25) is 5.76 Å². The number of aromatic carboxylic acids is 1. The Morgan fingerprint density at radius 3 is 2.80 bits per heavy atom. The van der Waals surface area contributed by atoms with Gasteiger partial charge in [-0.15, -0.1) is 0 Å². The molecule has 0 fully saturated rings. The van der Waals surface area contributed by atoms with Gasteiger partial charge in [0.15, 0.2) is 0 Å². The number of carbonyl (C=O) groups is 1. The average Bonchev–Trinajstić information content (AvgIpc) is 2.77. The van der Waals surface area contributed by atoms with Crippen molar-refractivity contribution in [3.63, 3.8) is 0 Å². The predicted octanol–water partition coefficient (Wildman–Crippen LogP) is 3.90. The molecule has 0 aliphatic heterocycles. The molecule has 0 saturated heterocycles. The third kappa shape index (κ3) is 3.49. The Kier molecular flexibility index (Phi) is 4.62. The quantitative estimate of drug-likeness (QED) is 0.868. The van der Waals surface area contributed by atoms with Gasteiger partial charge in [0.05, 0.1) is 6.54 Å². The Labute approximate surface area is 125 Å². The first-order valence-corrected chi connectivity index (χ1v) is 7.08. The van der Waals surface area contributed by atoms with Gasteiger partial charge < -0.3 is 14.8 Å². The third-order valence-electron chi connectivity index (χ3n) is 3.09. The van der Waals surface area contributed by atoms with Crippen LogP contribution in [0.2, 0.25) is 0 Å². The van der Waals surface area contributed by atoms with Crippen LogP contribution in [0, 0.1) is 6.92 Å². The van der Waals surface area contributed by atoms with Crippen LogP contribution in [0.15, 0.2) is 39.2 Å². The number of aryl methyl sites for hydroxylation is 1. The summed E-state index contributed by atoms with van der Waals surface area (Å²) in [6.45, 7) is 4.27. The molecule has 0 unspecified atom stereocenters. The van der Waals surface area contributed by atoms with E-state index >= 15 is 0 Å². The maximum absolute atomic E-state index is 10.9. The van der Waals surface area contributed by atoms with Crippen LogP contribution in [0.1, 0.15) is 40.4 Å². The molecule has 106 valence electrons. The number of halogens is 1. The van der Waals surface area contributed by atoms with Gasteiger partial charge in [0.25, 0.3) is 0 Å². The van der Waals surface area contributed by atoms with Gasteiger partial charge in [0.1, 0.15) is 5.76 Å². The highest BCUT2D eigenvalue weighted by atomic mass is 79.9. The highest BCUT2D eigenvalue weighted by Crippen LogP contribution is 2.19. The van der Waals surface area contributed by atoms with Crippen LogP contribution in [0.3, 0.4) is 0 Å². The number of nitrogens with one attached hydrogen (secondary N) is 1. The summed E-state index contributed by atoms with van der Waals surface area (Å²) in [5.74, 6) is -0.396.